The van der Waals surface area contributed by atoms with Crippen LogP contribution in [0.3, 0.4) is 0 Å². The number of carbonyl (C=O) groups is 1. The van der Waals surface area contributed by atoms with E-state index in [1.165, 1.54) is 25.5 Å². The molecule has 1 aliphatic rings. The van der Waals surface area contributed by atoms with E-state index >= 15 is 0 Å². The van der Waals surface area contributed by atoms with Gasteiger partial charge in [0.05, 0.1) is 31.2 Å². The maximum atomic E-state index is 13.7. The van der Waals surface area contributed by atoms with E-state index < -0.39 is 17.8 Å². The summed E-state index contributed by atoms with van der Waals surface area (Å²) >= 11 is 0. The Morgan fingerprint density at radius 3 is 2.29 bits per heavy atom. The lowest BCUT2D eigenvalue weighted by Gasteiger charge is -2.24. The second-order valence-corrected chi connectivity index (χ2v) is 8.95. The van der Waals surface area contributed by atoms with Crippen LogP contribution in [0.1, 0.15) is 22.3 Å². The summed E-state index contributed by atoms with van der Waals surface area (Å²) in [4.78, 5) is 29.5. The van der Waals surface area contributed by atoms with Crippen LogP contribution in [0.25, 0.3) is 11.3 Å². The molecule has 0 saturated carbocycles. The Morgan fingerprint density at radius 1 is 1.08 bits per heavy atom. The largest absolute Gasteiger partial charge is 0.493 e. The number of benzene rings is 2. The van der Waals surface area contributed by atoms with Gasteiger partial charge in [0.1, 0.15) is 5.49 Å². The fourth-order valence-electron chi connectivity index (χ4n) is 4.67. The lowest BCUT2D eigenvalue weighted by atomic mass is 9.97. The Kier molecular flexibility index (Phi) is 7.25. The summed E-state index contributed by atoms with van der Waals surface area (Å²) < 4.78 is 53.8. The molecule has 0 bridgehead atoms. The maximum absolute atomic E-state index is 13.7. The monoisotopic (exact) mass is 531 g/mol. The zero-order valence-electron chi connectivity index (χ0n) is 21.4. The van der Waals surface area contributed by atoms with Gasteiger partial charge in [0.25, 0.3) is 0 Å². The number of aryl methyl sites for hydroxylation is 3. The third-order valence-corrected chi connectivity index (χ3v) is 6.46. The molecule has 2 heterocycles. The molecule has 12 heteroatoms. The van der Waals surface area contributed by atoms with Gasteiger partial charge in [0.15, 0.2) is 11.5 Å². The first-order chi connectivity index (χ1) is 17.9. The topological polar surface area (TPSA) is 113 Å². The fraction of sp³-hybridized carbons (Fsp3) is 0.346. The number of nitrogens with one attached hydrogen (secondary N) is 1. The minimum Gasteiger partial charge on any atom is -0.493 e. The van der Waals surface area contributed by atoms with Crippen molar-refractivity contribution in [1.82, 2.24) is 14.5 Å². The Labute approximate surface area is 216 Å². The average Bonchev–Trinajstić information content (AvgIpc) is 2.85. The SMILES string of the molecule is COc1cc2c(cc1OC)-c1cc(=Nc3c(C)cc(C(F)(F)F)cc3C)n(CCNC(N)=O)c(=O)n1CC2. The predicted octanol–water partition coefficient (Wildman–Crippen LogP) is 3.43. The highest BCUT2D eigenvalue weighted by atomic mass is 19.4. The zero-order valence-corrected chi connectivity index (χ0v) is 21.4. The van der Waals surface area contributed by atoms with Crippen molar-refractivity contribution < 1.29 is 27.4 Å². The number of methoxy groups -OCH3 is 2. The van der Waals surface area contributed by atoms with Gasteiger partial charge in [-0.2, -0.15) is 13.2 Å². The van der Waals surface area contributed by atoms with E-state index in [1.54, 1.807) is 23.8 Å². The van der Waals surface area contributed by atoms with Crippen LogP contribution in [-0.4, -0.2) is 35.9 Å². The Bertz CT molecular complexity index is 1520. The van der Waals surface area contributed by atoms with Gasteiger partial charge in [0.2, 0.25) is 0 Å². The highest BCUT2D eigenvalue weighted by Gasteiger charge is 2.31. The Balaban J connectivity index is 1.97. The van der Waals surface area contributed by atoms with Crippen molar-refractivity contribution in [1.29, 1.82) is 0 Å². The molecule has 0 aliphatic carbocycles. The van der Waals surface area contributed by atoms with Gasteiger partial charge in [-0.1, -0.05) is 0 Å². The molecular formula is C26H28F3N5O4. The predicted molar refractivity (Wildman–Crippen MR) is 135 cm³/mol. The van der Waals surface area contributed by atoms with Crippen LogP contribution >= 0.6 is 0 Å². The normalized spacial score (nSPS) is 13.1. The van der Waals surface area contributed by atoms with Crippen LogP contribution < -0.4 is 31.7 Å². The van der Waals surface area contributed by atoms with E-state index in [4.69, 9.17) is 15.2 Å². The van der Waals surface area contributed by atoms with Gasteiger partial charge in [0, 0.05) is 31.3 Å². The first-order valence-electron chi connectivity index (χ1n) is 11.8. The number of aromatic nitrogens is 2. The minimum atomic E-state index is -4.50. The minimum absolute atomic E-state index is 0.0540. The van der Waals surface area contributed by atoms with Crippen LogP contribution in [0.2, 0.25) is 0 Å². The number of carbonyl (C=O) groups excluding carboxylic acids is 1. The number of halogens is 3. The van der Waals surface area contributed by atoms with E-state index in [-0.39, 0.29) is 24.3 Å². The van der Waals surface area contributed by atoms with E-state index in [2.05, 4.69) is 10.3 Å². The molecule has 2 amide bonds. The second kappa shape index (κ2) is 10.3. The summed E-state index contributed by atoms with van der Waals surface area (Å²) in [6.07, 6.45) is -3.93. The molecule has 0 radical (unpaired) electrons. The molecule has 0 atom stereocenters. The number of urea groups is 1. The average molecular weight is 532 g/mol. The molecule has 1 aromatic heterocycles. The Hall–Kier alpha value is -4.22. The zero-order chi connectivity index (χ0) is 27.8. The van der Waals surface area contributed by atoms with E-state index in [0.29, 0.717) is 47.0 Å². The molecule has 3 aromatic rings. The summed E-state index contributed by atoms with van der Waals surface area (Å²) in [6, 6.07) is 6.68. The van der Waals surface area contributed by atoms with Crippen LogP contribution in [0.5, 0.6) is 11.5 Å². The molecule has 0 saturated heterocycles. The second-order valence-electron chi connectivity index (χ2n) is 8.95. The van der Waals surface area contributed by atoms with Crippen molar-refractivity contribution in [3.05, 3.63) is 68.6 Å². The van der Waals surface area contributed by atoms with Gasteiger partial charge < -0.3 is 20.5 Å². The van der Waals surface area contributed by atoms with Crippen molar-refractivity contribution in [3.8, 4) is 22.8 Å². The third kappa shape index (κ3) is 5.11. The van der Waals surface area contributed by atoms with E-state index in [9.17, 15) is 22.8 Å². The number of hydrogen-bond donors (Lipinski definition) is 2. The number of primary amides is 1. The van der Waals surface area contributed by atoms with Gasteiger partial charge in [-0.05, 0) is 61.2 Å². The number of amides is 2. The number of ether oxygens (including phenoxy) is 2. The molecule has 0 unspecified atom stereocenters. The van der Waals surface area contributed by atoms with Crippen molar-refractivity contribution >= 4 is 11.7 Å². The lowest BCUT2D eigenvalue weighted by molar-refractivity contribution is -0.137. The van der Waals surface area contributed by atoms with Crippen LogP contribution in [0.4, 0.5) is 23.7 Å². The van der Waals surface area contributed by atoms with Gasteiger partial charge in [-0.25, -0.2) is 14.6 Å². The molecule has 202 valence electrons. The molecule has 0 spiro atoms. The smallest absolute Gasteiger partial charge is 0.416 e. The first kappa shape index (κ1) is 26.8. The van der Waals surface area contributed by atoms with Crippen molar-refractivity contribution in [2.24, 2.45) is 10.7 Å². The number of rotatable bonds is 6. The molecule has 3 N–H and O–H groups in total. The quantitative estimate of drug-likeness (QED) is 0.508. The highest BCUT2D eigenvalue weighted by molar-refractivity contribution is 5.71. The highest BCUT2D eigenvalue weighted by Crippen LogP contribution is 2.38. The van der Waals surface area contributed by atoms with Crippen molar-refractivity contribution in [2.45, 2.75) is 39.5 Å². The summed E-state index contributed by atoms with van der Waals surface area (Å²) in [5.74, 6) is 1.05. The number of alkyl halides is 3. The summed E-state index contributed by atoms with van der Waals surface area (Å²) in [5.41, 5.74) is 7.47. The van der Waals surface area contributed by atoms with Gasteiger partial charge in [-0.3, -0.25) is 9.13 Å². The number of nitrogens with zero attached hydrogens (tertiary/aromatic N) is 3. The summed E-state index contributed by atoms with van der Waals surface area (Å²) in [7, 11) is 3.06. The number of hydrogen-bond acceptors (Lipinski definition) is 5. The number of fused-ring (bicyclic) bond motifs is 3. The fourth-order valence-corrected chi connectivity index (χ4v) is 4.67. The third-order valence-electron chi connectivity index (χ3n) is 6.46. The van der Waals surface area contributed by atoms with E-state index in [1.807, 2.05) is 6.07 Å². The standard InChI is InChI=1S/C26H28F3N5O4/c1-14-9-17(26(27,28)29)10-15(2)23(14)32-22-13-19-18-12-21(38-4)20(37-3)11-16(18)5-7-33(19)25(36)34(22)8-6-31-24(30)35/h9-13H,5-8H2,1-4H3,(H3,30,31,35). The number of nitrogens with two attached hydrogens (primary N) is 1. The van der Waals surface area contributed by atoms with Gasteiger partial charge in [-0.15, -0.1) is 0 Å². The summed E-state index contributed by atoms with van der Waals surface area (Å²) in [6.45, 7) is 3.58. The molecule has 9 nitrogen and oxygen atoms in total. The van der Waals surface area contributed by atoms with Crippen LogP contribution in [0.15, 0.2) is 40.1 Å². The van der Waals surface area contributed by atoms with Crippen molar-refractivity contribution in [2.75, 3.05) is 20.8 Å². The van der Waals surface area contributed by atoms with Crippen LogP contribution in [-0.2, 0) is 25.7 Å². The van der Waals surface area contributed by atoms with Crippen LogP contribution in [0, 0.1) is 13.8 Å². The molecule has 0 fully saturated rings. The molecular weight excluding hydrogens is 503 g/mol. The maximum Gasteiger partial charge on any atom is 0.416 e. The molecule has 1 aliphatic heterocycles. The van der Waals surface area contributed by atoms with E-state index in [0.717, 1.165) is 23.3 Å². The first-order valence-corrected chi connectivity index (χ1v) is 11.8. The van der Waals surface area contributed by atoms with Crippen molar-refractivity contribution in [3.63, 3.8) is 0 Å². The molecule has 4 rings (SSSR count). The lowest BCUT2D eigenvalue weighted by Crippen LogP contribution is -2.44. The molecule has 2 aromatic carbocycles. The molecule has 38 heavy (non-hydrogen) atoms. The summed E-state index contributed by atoms with van der Waals surface area (Å²) in [5, 5.41) is 2.46. The van der Waals surface area contributed by atoms with Gasteiger partial charge >= 0.3 is 17.9 Å². The Morgan fingerprint density at radius 2 is 1.71 bits per heavy atom.